The van der Waals surface area contributed by atoms with E-state index in [-0.39, 0.29) is 6.04 Å². The predicted octanol–water partition coefficient (Wildman–Crippen LogP) is 2.09. The van der Waals surface area contributed by atoms with Crippen LogP contribution in [0.25, 0.3) is 0 Å². The summed E-state index contributed by atoms with van der Waals surface area (Å²) in [5.74, 6) is 0.797. The van der Waals surface area contributed by atoms with Crippen LogP contribution in [0.15, 0.2) is 24.7 Å². The van der Waals surface area contributed by atoms with Gasteiger partial charge in [-0.05, 0) is 31.5 Å². The van der Waals surface area contributed by atoms with Crippen LogP contribution in [0.2, 0.25) is 0 Å². The van der Waals surface area contributed by atoms with Crippen molar-refractivity contribution < 1.29 is 0 Å². The van der Waals surface area contributed by atoms with Gasteiger partial charge in [0.05, 0.1) is 5.69 Å². The molecule has 0 radical (unpaired) electrons. The van der Waals surface area contributed by atoms with E-state index in [1.807, 2.05) is 36.3 Å². The molecule has 2 aromatic rings. The van der Waals surface area contributed by atoms with Gasteiger partial charge in [-0.2, -0.15) is 5.10 Å². The van der Waals surface area contributed by atoms with Gasteiger partial charge in [0.15, 0.2) is 5.82 Å². The maximum absolute atomic E-state index is 4.44. The Labute approximate surface area is 114 Å². The summed E-state index contributed by atoms with van der Waals surface area (Å²) in [5.41, 5.74) is 2.19. The van der Waals surface area contributed by atoms with Gasteiger partial charge in [-0.15, -0.1) is 0 Å². The molecule has 2 rings (SSSR count). The van der Waals surface area contributed by atoms with Crippen LogP contribution >= 0.6 is 0 Å². The average Bonchev–Trinajstić information content (AvgIpc) is 2.86. The molecule has 0 saturated carbocycles. The van der Waals surface area contributed by atoms with Gasteiger partial charge in [0, 0.05) is 25.1 Å². The van der Waals surface area contributed by atoms with Crippen LogP contribution in [0.5, 0.6) is 0 Å². The Bertz CT molecular complexity index is 503. The van der Waals surface area contributed by atoms with Crippen LogP contribution in [0, 0.1) is 6.92 Å². The van der Waals surface area contributed by atoms with Gasteiger partial charge in [-0.3, -0.25) is 4.68 Å². The van der Waals surface area contributed by atoms with Gasteiger partial charge in [0.25, 0.3) is 0 Å². The monoisotopic (exact) mass is 259 g/mol. The average molecular weight is 259 g/mol. The summed E-state index contributed by atoms with van der Waals surface area (Å²) in [4.78, 5) is 8.88. The standard InChI is InChI=1S/C14H21N5/c1-4-8-19-12(6-7-18-19)13(15-5-2)14-16-9-11(3)10-17-14/h6-7,9-10,13,15H,4-5,8H2,1-3H3. The molecule has 2 aromatic heterocycles. The molecule has 1 atom stereocenters. The van der Waals surface area contributed by atoms with Gasteiger partial charge in [0.2, 0.25) is 0 Å². The van der Waals surface area contributed by atoms with Crippen molar-refractivity contribution in [1.82, 2.24) is 25.1 Å². The highest BCUT2D eigenvalue weighted by Gasteiger charge is 2.19. The summed E-state index contributed by atoms with van der Waals surface area (Å²) in [6.45, 7) is 8.00. The summed E-state index contributed by atoms with van der Waals surface area (Å²) < 4.78 is 2.02. The van der Waals surface area contributed by atoms with Crippen LogP contribution in [0.1, 0.15) is 43.4 Å². The molecular weight excluding hydrogens is 238 g/mol. The van der Waals surface area contributed by atoms with Gasteiger partial charge in [0.1, 0.15) is 6.04 Å². The number of hydrogen-bond acceptors (Lipinski definition) is 4. The fourth-order valence-corrected chi connectivity index (χ4v) is 2.07. The Morgan fingerprint density at radius 3 is 2.63 bits per heavy atom. The van der Waals surface area contributed by atoms with Crippen LogP contribution < -0.4 is 5.32 Å². The molecule has 1 N–H and O–H groups in total. The lowest BCUT2D eigenvalue weighted by molar-refractivity contribution is 0.506. The molecule has 102 valence electrons. The number of nitrogens with zero attached hydrogens (tertiary/aromatic N) is 4. The first-order valence-corrected chi connectivity index (χ1v) is 6.79. The number of aromatic nitrogens is 4. The second-order valence-corrected chi connectivity index (χ2v) is 4.59. The molecule has 0 bridgehead atoms. The van der Waals surface area contributed by atoms with Crippen LogP contribution in [0.4, 0.5) is 0 Å². The molecular formula is C14H21N5. The van der Waals surface area contributed by atoms with Crippen molar-refractivity contribution in [3.8, 4) is 0 Å². The lowest BCUT2D eigenvalue weighted by Crippen LogP contribution is -2.26. The third kappa shape index (κ3) is 3.17. The first kappa shape index (κ1) is 13.7. The third-order valence-electron chi connectivity index (χ3n) is 2.95. The summed E-state index contributed by atoms with van der Waals surface area (Å²) in [7, 11) is 0. The third-order valence-corrected chi connectivity index (χ3v) is 2.95. The zero-order chi connectivity index (χ0) is 13.7. The quantitative estimate of drug-likeness (QED) is 0.863. The molecule has 0 aromatic carbocycles. The van der Waals surface area contributed by atoms with Crippen molar-refractivity contribution in [2.75, 3.05) is 6.54 Å². The van der Waals surface area contributed by atoms with E-state index in [0.717, 1.165) is 36.6 Å². The minimum Gasteiger partial charge on any atom is -0.303 e. The van der Waals surface area contributed by atoms with E-state index in [1.165, 1.54) is 0 Å². The molecule has 0 aliphatic carbocycles. The van der Waals surface area contributed by atoms with E-state index < -0.39 is 0 Å². The molecule has 0 amide bonds. The lowest BCUT2D eigenvalue weighted by Gasteiger charge is -2.18. The Balaban J connectivity index is 2.33. The SMILES string of the molecule is CCCn1nccc1C(NCC)c1ncc(C)cn1. The highest BCUT2D eigenvalue weighted by molar-refractivity contribution is 5.17. The molecule has 0 spiro atoms. The number of aryl methyl sites for hydroxylation is 2. The fourth-order valence-electron chi connectivity index (χ4n) is 2.07. The van der Waals surface area contributed by atoms with Crippen molar-refractivity contribution in [1.29, 1.82) is 0 Å². The molecule has 19 heavy (non-hydrogen) atoms. The van der Waals surface area contributed by atoms with Gasteiger partial charge < -0.3 is 5.32 Å². The minimum absolute atomic E-state index is 0.000324. The van der Waals surface area contributed by atoms with Crippen molar-refractivity contribution in [2.24, 2.45) is 0 Å². The fraction of sp³-hybridized carbons (Fsp3) is 0.500. The number of nitrogens with one attached hydrogen (secondary N) is 1. The topological polar surface area (TPSA) is 55.6 Å². The van der Waals surface area contributed by atoms with E-state index in [2.05, 4.69) is 34.2 Å². The zero-order valence-electron chi connectivity index (χ0n) is 11.8. The van der Waals surface area contributed by atoms with E-state index in [4.69, 9.17) is 0 Å². The van der Waals surface area contributed by atoms with Crippen LogP contribution in [0.3, 0.4) is 0 Å². The second-order valence-electron chi connectivity index (χ2n) is 4.59. The van der Waals surface area contributed by atoms with Crippen molar-refractivity contribution >= 4 is 0 Å². The van der Waals surface area contributed by atoms with Crippen molar-refractivity contribution in [2.45, 2.75) is 39.8 Å². The molecule has 0 fully saturated rings. The van der Waals surface area contributed by atoms with Crippen molar-refractivity contribution in [3.05, 3.63) is 41.7 Å². The van der Waals surface area contributed by atoms with Crippen LogP contribution in [-0.4, -0.2) is 26.3 Å². The molecule has 0 aliphatic rings. The van der Waals surface area contributed by atoms with Gasteiger partial charge >= 0.3 is 0 Å². The van der Waals surface area contributed by atoms with Gasteiger partial charge in [-0.25, -0.2) is 9.97 Å². The summed E-state index contributed by atoms with van der Waals surface area (Å²) in [6.07, 6.45) is 6.60. The summed E-state index contributed by atoms with van der Waals surface area (Å²) in [5, 5.41) is 7.81. The molecule has 0 saturated heterocycles. The van der Waals surface area contributed by atoms with Crippen molar-refractivity contribution in [3.63, 3.8) is 0 Å². The first-order valence-electron chi connectivity index (χ1n) is 6.79. The highest BCUT2D eigenvalue weighted by Crippen LogP contribution is 2.18. The molecule has 2 heterocycles. The lowest BCUT2D eigenvalue weighted by atomic mass is 10.2. The normalized spacial score (nSPS) is 12.6. The van der Waals surface area contributed by atoms with E-state index in [0.29, 0.717) is 0 Å². The first-order chi connectivity index (χ1) is 9.26. The second kappa shape index (κ2) is 6.43. The Morgan fingerprint density at radius 2 is 2.00 bits per heavy atom. The molecule has 1 unspecified atom stereocenters. The van der Waals surface area contributed by atoms with Gasteiger partial charge in [-0.1, -0.05) is 13.8 Å². The minimum atomic E-state index is -0.000324. The molecule has 5 nitrogen and oxygen atoms in total. The van der Waals surface area contributed by atoms with E-state index in [9.17, 15) is 0 Å². The largest absolute Gasteiger partial charge is 0.303 e. The smallest absolute Gasteiger partial charge is 0.151 e. The van der Waals surface area contributed by atoms with E-state index >= 15 is 0 Å². The number of rotatable bonds is 6. The zero-order valence-corrected chi connectivity index (χ0v) is 11.8. The summed E-state index contributed by atoms with van der Waals surface area (Å²) in [6, 6.07) is 2.03. The Morgan fingerprint density at radius 1 is 1.26 bits per heavy atom. The summed E-state index contributed by atoms with van der Waals surface area (Å²) >= 11 is 0. The predicted molar refractivity (Wildman–Crippen MR) is 74.8 cm³/mol. The molecule has 0 aliphatic heterocycles. The maximum atomic E-state index is 4.44. The Kier molecular flexibility index (Phi) is 4.63. The van der Waals surface area contributed by atoms with E-state index in [1.54, 1.807) is 0 Å². The maximum Gasteiger partial charge on any atom is 0.151 e. The van der Waals surface area contributed by atoms with Crippen LogP contribution in [-0.2, 0) is 6.54 Å². The highest BCUT2D eigenvalue weighted by atomic mass is 15.3. The molecule has 5 heteroatoms. The number of hydrogen-bond donors (Lipinski definition) is 1. The Hall–Kier alpha value is -1.75.